The third-order valence-corrected chi connectivity index (χ3v) is 3.81. The lowest BCUT2D eigenvalue weighted by Crippen LogP contribution is -2.22. The second-order valence-corrected chi connectivity index (χ2v) is 5.60. The zero-order valence-corrected chi connectivity index (χ0v) is 13.3. The number of hydrogen-bond donors (Lipinski definition) is 3. The molecule has 8 heteroatoms. The predicted molar refractivity (Wildman–Crippen MR) is 89.9 cm³/mol. The number of nitrogens with zero attached hydrogens (tertiary/aromatic N) is 2. The van der Waals surface area contributed by atoms with E-state index in [1.165, 1.54) is 11.3 Å². The van der Waals surface area contributed by atoms with Crippen LogP contribution >= 0.6 is 23.6 Å². The van der Waals surface area contributed by atoms with Gasteiger partial charge in [-0.3, -0.25) is 0 Å². The summed E-state index contributed by atoms with van der Waals surface area (Å²) >= 11 is 6.46. The van der Waals surface area contributed by atoms with Crippen molar-refractivity contribution in [1.82, 2.24) is 10.3 Å². The normalized spacial score (nSPS) is 10.3. The van der Waals surface area contributed by atoms with Crippen LogP contribution in [0.5, 0.6) is 0 Å². The van der Waals surface area contributed by atoms with Gasteiger partial charge in [0, 0.05) is 18.3 Å². The Balaban J connectivity index is 1.98. The molecule has 0 amide bonds. The molecule has 2 aromatic rings. The van der Waals surface area contributed by atoms with Crippen molar-refractivity contribution >= 4 is 39.6 Å². The number of thiocarbonyl (C=S) groups is 1. The minimum absolute atomic E-state index is 0.00555. The maximum absolute atomic E-state index is 5.75. The molecule has 0 aromatic carbocycles. The molecule has 0 unspecified atom stereocenters. The Kier molecular flexibility index (Phi) is 5.29. The van der Waals surface area contributed by atoms with Crippen LogP contribution in [0.3, 0.4) is 0 Å². The summed E-state index contributed by atoms with van der Waals surface area (Å²) in [6.07, 6.45) is 1.62. The highest BCUT2D eigenvalue weighted by molar-refractivity contribution is 7.80. The van der Waals surface area contributed by atoms with Gasteiger partial charge in [0.1, 0.15) is 11.5 Å². The van der Waals surface area contributed by atoms with Gasteiger partial charge in [-0.15, -0.1) is 11.3 Å². The minimum Gasteiger partial charge on any atom is -0.459 e. The summed E-state index contributed by atoms with van der Waals surface area (Å²) in [4.78, 5) is 9.07. The molecule has 0 spiro atoms. The molecule has 0 saturated carbocycles. The van der Waals surface area contributed by atoms with E-state index in [1.54, 1.807) is 0 Å². The lowest BCUT2D eigenvalue weighted by atomic mass is 10.3. The van der Waals surface area contributed by atoms with E-state index in [9.17, 15) is 0 Å². The highest BCUT2D eigenvalue weighted by Gasteiger charge is 2.09. The fourth-order valence-electron chi connectivity index (χ4n) is 1.64. The molecule has 112 valence electrons. The Morgan fingerprint density at radius 3 is 3.00 bits per heavy atom. The fourth-order valence-corrected chi connectivity index (χ4v) is 2.44. The Labute approximate surface area is 132 Å². The first kappa shape index (κ1) is 15.5. The molecular weight excluding hydrogens is 306 g/mol. The Morgan fingerprint density at radius 1 is 1.48 bits per heavy atom. The SMILES string of the molecule is CCC(=S)NCCc1ccc(-c2csc(N=C(N)N)n2)o1. The summed E-state index contributed by atoms with van der Waals surface area (Å²) in [5.74, 6) is 1.58. The third kappa shape index (κ3) is 4.54. The molecule has 2 rings (SSSR count). The summed E-state index contributed by atoms with van der Waals surface area (Å²) in [6, 6.07) is 3.83. The summed E-state index contributed by atoms with van der Waals surface area (Å²) in [5.41, 5.74) is 11.4. The minimum atomic E-state index is -0.00555. The van der Waals surface area contributed by atoms with Gasteiger partial charge in [-0.2, -0.15) is 4.99 Å². The molecule has 6 nitrogen and oxygen atoms in total. The summed E-state index contributed by atoms with van der Waals surface area (Å²) in [6.45, 7) is 2.78. The average Bonchev–Trinajstić information content (AvgIpc) is 3.07. The van der Waals surface area contributed by atoms with Gasteiger partial charge in [-0.25, -0.2) is 4.98 Å². The largest absolute Gasteiger partial charge is 0.459 e. The molecule has 2 heterocycles. The van der Waals surface area contributed by atoms with Crippen LogP contribution in [0, 0.1) is 0 Å². The average molecular weight is 323 g/mol. The van der Waals surface area contributed by atoms with Crippen LogP contribution < -0.4 is 16.8 Å². The summed E-state index contributed by atoms with van der Waals surface area (Å²) < 4.78 is 5.75. The summed E-state index contributed by atoms with van der Waals surface area (Å²) in [5, 5.41) is 5.54. The first-order valence-corrected chi connectivity index (χ1v) is 7.78. The van der Waals surface area contributed by atoms with Crippen LogP contribution in [0.1, 0.15) is 19.1 Å². The number of guanidine groups is 1. The smallest absolute Gasteiger partial charge is 0.212 e. The Hall–Kier alpha value is -1.93. The number of nitrogens with one attached hydrogen (secondary N) is 1. The van der Waals surface area contributed by atoms with Crippen molar-refractivity contribution in [3.05, 3.63) is 23.3 Å². The van der Waals surface area contributed by atoms with Gasteiger partial charge in [0.25, 0.3) is 0 Å². The molecule has 2 aromatic heterocycles. The molecule has 0 aliphatic rings. The van der Waals surface area contributed by atoms with E-state index in [4.69, 9.17) is 28.1 Å². The molecule has 0 saturated heterocycles. The molecule has 0 aliphatic heterocycles. The van der Waals surface area contributed by atoms with Crippen molar-refractivity contribution in [2.75, 3.05) is 6.54 Å². The van der Waals surface area contributed by atoms with Gasteiger partial charge in [0.2, 0.25) is 5.13 Å². The predicted octanol–water partition coefficient (Wildman–Crippen LogP) is 2.18. The highest BCUT2D eigenvalue weighted by Crippen LogP contribution is 2.28. The maximum atomic E-state index is 5.75. The van der Waals surface area contributed by atoms with Crippen molar-refractivity contribution in [2.24, 2.45) is 16.5 Å². The Morgan fingerprint density at radius 2 is 2.29 bits per heavy atom. The number of rotatable bonds is 6. The second-order valence-electron chi connectivity index (χ2n) is 4.27. The van der Waals surface area contributed by atoms with Crippen LogP contribution in [0.2, 0.25) is 0 Å². The zero-order chi connectivity index (χ0) is 15.2. The number of aromatic nitrogens is 1. The standard InChI is InChI=1S/C13H17N5OS2/c1-2-11(20)16-6-5-8-3-4-10(19-8)9-7-21-13(17-9)18-12(14)15/h3-4,7H,2,5-6H2,1H3,(H,16,20)(H4,14,15,17,18). The highest BCUT2D eigenvalue weighted by atomic mass is 32.1. The van der Waals surface area contributed by atoms with Crippen molar-refractivity contribution in [1.29, 1.82) is 0 Å². The first-order chi connectivity index (χ1) is 10.1. The molecular formula is C13H17N5OS2. The molecule has 0 fully saturated rings. The van der Waals surface area contributed by atoms with Crippen molar-refractivity contribution in [2.45, 2.75) is 19.8 Å². The van der Waals surface area contributed by atoms with Crippen molar-refractivity contribution < 1.29 is 4.42 Å². The van der Waals surface area contributed by atoms with Crippen LogP contribution in [-0.2, 0) is 6.42 Å². The second kappa shape index (κ2) is 7.19. The quantitative estimate of drug-likeness (QED) is 0.428. The van der Waals surface area contributed by atoms with Gasteiger partial charge < -0.3 is 21.2 Å². The third-order valence-electron chi connectivity index (χ3n) is 2.65. The van der Waals surface area contributed by atoms with Gasteiger partial charge in [-0.05, 0) is 18.6 Å². The van der Waals surface area contributed by atoms with E-state index in [2.05, 4.69) is 15.3 Å². The van der Waals surface area contributed by atoms with Crippen LogP contribution in [0.4, 0.5) is 5.13 Å². The van der Waals surface area contributed by atoms with E-state index >= 15 is 0 Å². The van der Waals surface area contributed by atoms with Crippen molar-refractivity contribution in [3.63, 3.8) is 0 Å². The van der Waals surface area contributed by atoms with Gasteiger partial charge in [0.05, 0.1) is 4.99 Å². The molecule has 21 heavy (non-hydrogen) atoms. The number of nitrogens with two attached hydrogens (primary N) is 2. The lowest BCUT2D eigenvalue weighted by Gasteiger charge is -2.03. The number of thiazole rings is 1. The van der Waals surface area contributed by atoms with E-state index in [0.29, 0.717) is 10.9 Å². The number of furan rings is 1. The van der Waals surface area contributed by atoms with Gasteiger partial charge in [-0.1, -0.05) is 19.1 Å². The maximum Gasteiger partial charge on any atom is 0.212 e. The number of aliphatic imine (C=N–C) groups is 1. The van der Waals surface area contributed by atoms with Crippen LogP contribution in [0.15, 0.2) is 26.9 Å². The molecule has 0 aliphatic carbocycles. The molecule has 0 bridgehead atoms. The zero-order valence-electron chi connectivity index (χ0n) is 11.6. The number of hydrogen-bond acceptors (Lipinski definition) is 5. The van der Waals surface area contributed by atoms with Crippen molar-refractivity contribution in [3.8, 4) is 11.5 Å². The van der Waals surface area contributed by atoms with E-state index < -0.39 is 0 Å². The van der Waals surface area contributed by atoms with E-state index in [1.807, 2.05) is 24.4 Å². The van der Waals surface area contributed by atoms with Gasteiger partial charge >= 0.3 is 0 Å². The first-order valence-electron chi connectivity index (χ1n) is 6.49. The van der Waals surface area contributed by atoms with Crippen LogP contribution in [0.25, 0.3) is 11.5 Å². The van der Waals surface area contributed by atoms with E-state index in [0.717, 1.165) is 35.8 Å². The Bertz CT molecular complexity index is 643. The molecule has 0 atom stereocenters. The summed E-state index contributed by atoms with van der Waals surface area (Å²) in [7, 11) is 0. The fraction of sp³-hybridized carbons (Fsp3) is 0.308. The molecule has 0 radical (unpaired) electrons. The lowest BCUT2D eigenvalue weighted by molar-refractivity contribution is 0.518. The topological polar surface area (TPSA) is 102 Å². The van der Waals surface area contributed by atoms with Crippen LogP contribution in [-0.4, -0.2) is 22.5 Å². The monoisotopic (exact) mass is 323 g/mol. The van der Waals surface area contributed by atoms with Gasteiger partial charge in [0.15, 0.2) is 11.7 Å². The molecule has 5 N–H and O–H groups in total. The van der Waals surface area contributed by atoms with E-state index in [-0.39, 0.29) is 5.96 Å².